The Morgan fingerprint density at radius 1 is 1.23 bits per heavy atom. The van der Waals surface area contributed by atoms with Crippen molar-refractivity contribution in [3.05, 3.63) is 69.8 Å². The highest BCUT2D eigenvalue weighted by molar-refractivity contribution is 6.21. The quantitative estimate of drug-likeness (QED) is 0.440. The molecule has 1 unspecified atom stereocenters. The van der Waals surface area contributed by atoms with Crippen molar-refractivity contribution in [2.45, 2.75) is 19.2 Å². The van der Waals surface area contributed by atoms with Crippen LogP contribution in [0, 0.1) is 17.0 Å². The number of likely N-dealkylation sites (N-methyl/N-ethyl adjacent to an activating group) is 1. The van der Waals surface area contributed by atoms with Gasteiger partial charge in [-0.3, -0.25) is 10.1 Å². The van der Waals surface area contributed by atoms with Gasteiger partial charge in [0.25, 0.3) is 5.69 Å². The molecular weight excluding hydrogens is 300 g/mol. The van der Waals surface area contributed by atoms with E-state index in [0.29, 0.717) is 6.54 Å². The highest BCUT2D eigenvalue weighted by Gasteiger charge is 2.15. The van der Waals surface area contributed by atoms with Crippen molar-refractivity contribution in [1.82, 2.24) is 0 Å². The van der Waals surface area contributed by atoms with Crippen molar-refractivity contribution in [2.24, 2.45) is 0 Å². The third-order valence-corrected chi connectivity index (χ3v) is 3.98. The number of non-ortho nitro benzene ring substituents is 1. The minimum absolute atomic E-state index is 0.0821. The molecule has 2 aromatic rings. The first kappa shape index (κ1) is 16.3. The summed E-state index contributed by atoms with van der Waals surface area (Å²) in [5.74, 6) is 0. The van der Waals surface area contributed by atoms with Crippen molar-refractivity contribution < 1.29 is 4.92 Å². The zero-order valence-electron chi connectivity index (χ0n) is 12.7. The summed E-state index contributed by atoms with van der Waals surface area (Å²) in [6, 6.07) is 14.7. The van der Waals surface area contributed by atoms with Gasteiger partial charge in [0.2, 0.25) is 0 Å². The lowest BCUT2D eigenvalue weighted by Crippen LogP contribution is -2.26. The van der Waals surface area contributed by atoms with E-state index in [1.165, 1.54) is 17.7 Å². The number of alkyl halides is 1. The summed E-state index contributed by atoms with van der Waals surface area (Å²) in [5, 5.41) is 10.5. The second-order valence-corrected chi connectivity index (χ2v) is 5.72. The van der Waals surface area contributed by atoms with Gasteiger partial charge in [0.05, 0.1) is 10.3 Å². The van der Waals surface area contributed by atoms with Gasteiger partial charge in [-0.2, -0.15) is 0 Å². The molecule has 0 heterocycles. The maximum absolute atomic E-state index is 10.7. The zero-order chi connectivity index (χ0) is 16.1. The smallest absolute Gasteiger partial charge is 0.269 e. The minimum Gasteiger partial charge on any atom is -0.370 e. The number of anilines is 1. The van der Waals surface area contributed by atoms with Crippen LogP contribution in [0.1, 0.15) is 23.4 Å². The molecule has 0 aliphatic carbocycles. The predicted octanol–water partition coefficient (Wildman–Crippen LogP) is 4.71. The average Bonchev–Trinajstić information content (AvgIpc) is 2.52. The van der Waals surface area contributed by atoms with E-state index in [2.05, 4.69) is 36.9 Å². The van der Waals surface area contributed by atoms with Crippen molar-refractivity contribution in [2.75, 3.05) is 18.0 Å². The van der Waals surface area contributed by atoms with E-state index >= 15 is 0 Å². The summed E-state index contributed by atoms with van der Waals surface area (Å²) in [7, 11) is 0. The van der Waals surface area contributed by atoms with E-state index in [9.17, 15) is 10.1 Å². The molecule has 5 heteroatoms. The number of aryl methyl sites for hydroxylation is 1. The molecule has 22 heavy (non-hydrogen) atoms. The van der Waals surface area contributed by atoms with E-state index in [-0.39, 0.29) is 11.1 Å². The Balaban J connectivity index is 2.11. The van der Waals surface area contributed by atoms with Gasteiger partial charge in [-0.05, 0) is 37.1 Å². The number of nitro benzene ring substituents is 1. The van der Waals surface area contributed by atoms with Gasteiger partial charge in [-0.15, -0.1) is 11.6 Å². The fourth-order valence-corrected chi connectivity index (χ4v) is 2.66. The van der Waals surface area contributed by atoms with Gasteiger partial charge in [0, 0.05) is 30.9 Å². The van der Waals surface area contributed by atoms with E-state index < -0.39 is 4.92 Å². The highest BCUT2D eigenvalue weighted by Crippen LogP contribution is 2.26. The van der Waals surface area contributed by atoms with Crippen LogP contribution < -0.4 is 4.90 Å². The fourth-order valence-electron chi connectivity index (χ4n) is 2.35. The van der Waals surface area contributed by atoms with Gasteiger partial charge < -0.3 is 4.90 Å². The second-order valence-electron chi connectivity index (χ2n) is 5.19. The van der Waals surface area contributed by atoms with Crippen LogP contribution in [0.15, 0.2) is 48.5 Å². The molecule has 0 fully saturated rings. The molecule has 0 bridgehead atoms. The third-order valence-electron chi connectivity index (χ3n) is 3.59. The lowest BCUT2D eigenvalue weighted by Gasteiger charge is -2.26. The summed E-state index contributed by atoms with van der Waals surface area (Å²) >= 11 is 6.49. The number of benzene rings is 2. The highest BCUT2D eigenvalue weighted by atomic mass is 35.5. The van der Waals surface area contributed by atoms with E-state index in [0.717, 1.165) is 17.8 Å². The van der Waals surface area contributed by atoms with Crippen LogP contribution >= 0.6 is 11.6 Å². The average molecular weight is 319 g/mol. The molecule has 0 aliphatic rings. The largest absolute Gasteiger partial charge is 0.370 e. The zero-order valence-corrected chi connectivity index (χ0v) is 13.5. The molecule has 1 atom stereocenters. The Morgan fingerprint density at radius 3 is 2.45 bits per heavy atom. The second kappa shape index (κ2) is 7.27. The maximum atomic E-state index is 10.7. The number of rotatable bonds is 6. The third kappa shape index (κ3) is 3.98. The summed E-state index contributed by atoms with van der Waals surface area (Å²) in [6.07, 6.45) is 0. The van der Waals surface area contributed by atoms with Crippen LogP contribution in [0.25, 0.3) is 0 Å². The lowest BCUT2D eigenvalue weighted by molar-refractivity contribution is -0.384. The van der Waals surface area contributed by atoms with Gasteiger partial charge in [-0.1, -0.05) is 24.3 Å². The molecule has 0 aliphatic heterocycles. The summed E-state index contributed by atoms with van der Waals surface area (Å²) < 4.78 is 0. The molecule has 116 valence electrons. The number of hydrogen-bond acceptors (Lipinski definition) is 3. The van der Waals surface area contributed by atoms with Crippen LogP contribution in [0.2, 0.25) is 0 Å². The van der Waals surface area contributed by atoms with Crippen molar-refractivity contribution >= 4 is 23.0 Å². The van der Waals surface area contributed by atoms with Gasteiger partial charge in [0.15, 0.2) is 0 Å². The SMILES string of the molecule is CCN(CC(Cl)c1ccc([N+](=O)[O-])cc1)c1cccc(C)c1. The first-order chi connectivity index (χ1) is 10.5. The Bertz CT molecular complexity index is 643. The molecule has 4 nitrogen and oxygen atoms in total. The molecule has 2 aromatic carbocycles. The molecule has 0 amide bonds. The van der Waals surface area contributed by atoms with Crippen LogP contribution in [0.4, 0.5) is 11.4 Å². The molecule has 0 saturated carbocycles. The van der Waals surface area contributed by atoms with Crippen LogP contribution in [-0.4, -0.2) is 18.0 Å². The summed E-state index contributed by atoms with van der Waals surface area (Å²) in [5.41, 5.74) is 3.31. The topological polar surface area (TPSA) is 46.4 Å². The standard InChI is InChI=1S/C17H19ClN2O2/c1-3-19(16-6-4-5-13(2)11-16)12-17(18)14-7-9-15(10-8-14)20(21)22/h4-11,17H,3,12H2,1-2H3. The number of hydrogen-bond donors (Lipinski definition) is 0. The molecular formula is C17H19ClN2O2. The summed E-state index contributed by atoms with van der Waals surface area (Å²) in [6.45, 7) is 5.65. The van der Waals surface area contributed by atoms with Gasteiger partial charge >= 0.3 is 0 Å². The van der Waals surface area contributed by atoms with Crippen molar-refractivity contribution in [3.63, 3.8) is 0 Å². The summed E-state index contributed by atoms with van der Waals surface area (Å²) in [4.78, 5) is 12.5. The monoisotopic (exact) mass is 318 g/mol. The van der Waals surface area contributed by atoms with E-state index in [1.807, 2.05) is 6.07 Å². The Labute approximate surface area is 135 Å². The van der Waals surface area contributed by atoms with E-state index in [1.54, 1.807) is 12.1 Å². The molecule has 0 saturated heterocycles. The van der Waals surface area contributed by atoms with Crippen LogP contribution in [0.3, 0.4) is 0 Å². The van der Waals surface area contributed by atoms with Crippen LogP contribution in [-0.2, 0) is 0 Å². The van der Waals surface area contributed by atoms with Gasteiger partial charge in [-0.25, -0.2) is 0 Å². The van der Waals surface area contributed by atoms with Gasteiger partial charge in [0.1, 0.15) is 0 Å². The first-order valence-corrected chi connectivity index (χ1v) is 7.65. The fraction of sp³-hybridized carbons (Fsp3) is 0.294. The molecule has 0 aromatic heterocycles. The molecule has 0 radical (unpaired) electrons. The first-order valence-electron chi connectivity index (χ1n) is 7.21. The Kier molecular flexibility index (Phi) is 5.39. The minimum atomic E-state index is -0.405. The normalized spacial score (nSPS) is 12.0. The molecule has 0 spiro atoms. The number of halogens is 1. The van der Waals surface area contributed by atoms with E-state index in [4.69, 9.17) is 11.6 Å². The Hall–Kier alpha value is -2.07. The Morgan fingerprint density at radius 2 is 1.91 bits per heavy atom. The maximum Gasteiger partial charge on any atom is 0.269 e. The molecule has 2 rings (SSSR count). The number of nitro groups is 1. The lowest BCUT2D eigenvalue weighted by atomic mass is 10.1. The van der Waals surface area contributed by atoms with Crippen molar-refractivity contribution in [1.29, 1.82) is 0 Å². The molecule has 0 N–H and O–H groups in total. The van der Waals surface area contributed by atoms with Crippen LogP contribution in [0.5, 0.6) is 0 Å². The predicted molar refractivity (Wildman–Crippen MR) is 90.8 cm³/mol. The number of nitrogens with zero attached hydrogens (tertiary/aromatic N) is 2. The van der Waals surface area contributed by atoms with Crippen molar-refractivity contribution in [3.8, 4) is 0 Å².